The summed E-state index contributed by atoms with van der Waals surface area (Å²) in [6.07, 6.45) is 5.52. The second-order valence-electron chi connectivity index (χ2n) is 6.07. The third-order valence-corrected chi connectivity index (χ3v) is 5.42. The van der Waals surface area contributed by atoms with Gasteiger partial charge in [-0.3, -0.25) is 0 Å². The van der Waals surface area contributed by atoms with Crippen molar-refractivity contribution in [2.45, 2.75) is 56.3 Å². The summed E-state index contributed by atoms with van der Waals surface area (Å²) < 4.78 is 15.2. The third-order valence-electron chi connectivity index (χ3n) is 4.40. The van der Waals surface area contributed by atoms with Gasteiger partial charge in [-0.05, 0) is 37.5 Å². The highest BCUT2D eigenvalue weighted by atomic mass is 32.2. The molecule has 0 spiro atoms. The summed E-state index contributed by atoms with van der Waals surface area (Å²) in [5.74, 6) is 1.13. The molecule has 1 heterocycles. The summed E-state index contributed by atoms with van der Waals surface area (Å²) >= 11 is 1.51. The van der Waals surface area contributed by atoms with E-state index in [1.165, 1.54) is 56.0 Å². The Labute approximate surface area is 140 Å². The lowest BCUT2D eigenvalue weighted by atomic mass is 9.95. The Kier molecular flexibility index (Phi) is 5.33. The first kappa shape index (κ1) is 16.5. The van der Waals surface area contributed by atoms with Gasteiger partial charge in [-0.1, -0.05) is 43.2 Å². The molecule has 124 valence electrons. The van der Waals surface area contributed by atoms with E-state index in [1.54, 1.807) is 12.1 Å². The van der Waals surface area contributed by atoms with Crippen molar-refractivity contribution < 1.29 is 9.50 Å². The molecule has 0 radical (unpaired) electrons. The van der Waals surface area contributed by atoms with Gasteiger partial charge in [-0.25, -0.2) is 4.39 Å². The number of aromatic nitrogens is 3. The molecule has 1 unspecified atom stereocenters. The molecule has 1 saturated carbocycles. The Morgan fingerprint density at radius 2 is 1.91 bits per heavy atom. The van der Waals surface area contributed by atoms with Crippen LogP contribution in [0.2, 0.25) is 0 Å². The average Bonchev–Trinajstić information content (AvgIpc) is 2.95. The standard InChI is InChI=1S/C17H22FN3OS/c1-12-19-20-17(21(12)15-5-3-2-4-6-15)23-11-16(22)13-7-9-14(18)10-8-13/h7-10,15-16,22H,2-6,11H2,1H3. The van der Waals surface area contributed by atoms with E-state index in [2.05, 4.69) is 14.8 Å². The summed E-state index contributed by atoms with van der Waals surface area (Å²) in [5.41, 5.74) is 0.722. The smallest absolute Gasteiger partial charge is 0.191 e. The lowest BCUT2D eigenvalue weighted by Crippen LogP contribution is -2.15. The molecule has 0 aliphatic heterocycles. The van der Waals surface area contributed by atoms with Crippen LogP contribution < -0.4 is 0 Å². The molecule has 1 aromatic carbocycles. The number of aryl methyl sites for hydroxylation is 1. The molecular weight excluding hydrogens is 313 g/mol. The topological polar surface area (TPSA) is 50.9 Å². The van der Waals surface area contributed by atoms with Crippen molar-refractivity contribution in [1.82, 2.24) is 14.8 Å². The Balaban J connectivity index is 1.67. The SMILES string of the molecule is Cc1nnc(SCC(O)c2ccc(F)cc2)n1C1CCCCC1. The zero-order valence-corrected chi connectivity index (χ0v) is 14.1. The second-order valence-corrected chi connectivity index (χ2v) is 7.06. The van der Waals surface area contributed by atoms with E-state index in [4.69, 9.17) is 0 Å². The van der Waals surface area contributed by atoms with E-state index in [0.717, 1.165) is 16.5 Å². The molecule has 1 fully saturated rings. The maximum atomic E-state index is 13.0. The first-order valence-corrected chi connectivity index (χ1v) is 9.11. The summed E-state index contributed by atoms with van der Waals surface area (Å²) in [6.45, 7) is 1.99. The number of aliphatic hydroxyl groups is 1. The number of benzene rings is 1. The van der Waals surface area contributed by atoms with Crippen LogP contribution in [-0.2, 0) is 0 Å². The first-order chi connectivity index (χ1) is 11.1. The highest BCUT2D eigenvalue weighted by Crippen LogP contribution is 2.33. The van der Waals surface area contributed by atoms with Gasteiger partial charge in [0.15, 0.2) is 5.16 Å². The average molecular weight is 335 g/mol. The molecule has 1 N–H and O–H groups in total. The fourth-order valence-corrected chi connectivity index (χ4v) is 4.16. The van der Waals surface area contributed by atoms with Crippen molar-refractivity contribution in [3.63, 3.8) is 0 Å². The molecule has 4 nitrogen and oxygen atoms in total. The van der Waals surface area contributed by atoms with Crippen LogP contribution in [0, 0.1) is 12.7 Å². The molecule has 1 aliphatic carbocycles. The predicted octanol–water partition coefficient (Wildman–Crippen LogP) is 4.06. The maximum Gasteiger partial charge on any atom is 0.191 e. The normalized spacial score (nSPS) is 17.3. The van der Waals surface area contributed by atoms with E-state index < -0.39 is 6.10 Å². The molecule has 1 aromatic heterocycles. The highest BCUT2D eigenvalue weighted by molar-refractivity contribution is 7.99. The van der Waals surface area contributed by atoms with Crippen molar-refractivity contribution in [2.75, 3.05) is 5.75 Å². The van der Waals surface area contributed by atoms with Gasteiger partial charge >= 0.3 is 0 Å². The van der Waals surface area contributed by atoms with E-state index in [0.29, 0.717) is 11.8 Å². The molecular formula is C17H22FN3OS. The Bertz CT molecular complexity index is 638. The molecule has 0 saturated heterocycles. The van der Waals surface area contributed by atoms with Gasteiger partial charge in [-0.15, -0.1) is 10.2 Å². The first-order valence-electron chi connectivity index (χ1n) is 8.13. The second kappa shape index (κ2) is 7.45. The minimum absolute atomic E-state index is 0.290. The molecule has 1 atom stereocenters. The number of halogens is 1. The number of rotatable bonds is 5. The van der Waals surface area contributed by atoms with Crippen LogP contribution in [0.4, 0.5) is 4.39 Å². The summed E-state index contributed by atoms with van der Waals surface area (Å²) in [6, 6.07) is 6.47. The Morgan fingerprint density at radius 1 is 1.22 bits per heavy atom. The fourth-order valence-electron chi connectivity index (χ4n) is 3.14. The van der Waals surface area contributed by atoms with Gasteiger partial charge < -0.3 is 9.67 Å². The van der Waals surface area contributed by atoms with E-state index in [-0.39, 0.29) is 5.82 Å². The zero-order valence-electron chi connectivity index (χ0n) is 13.3. The highest BCUT2D eigenvalue weighted by Gasteiger charge is 2.22. The zero-order chi connectivity index (χ0) is 16.2. The summed E-state index contributed by atoms with van der Waals surface area (Å²) in [4.78, 5) is 0. The van der Waals surface area contributed by atoms with Crippen molar-refractivity contribution in [3.8, 4) is 0 Å². The van der Waals surface area contributed by atoms with Gasteiger partial charge in [0.25, 0.3) is 0 Å². The third kappa shape index (κ3) is 3.93. The number of nitrogens with zero attached hydrogens (tertiary/aromatic N) is 3. The van der Waals surface area contributed by atoms with E-state index >= 15 is 0 Å². The summed E-state index contributed by atoms with van der Waals surface area (Å²) in [5, 5.41) is 19.6. The molecule has 3 rings (SSSR count). The van der Waals surface area contributed by atoms with Crippen LogP contribution >= 0.6 is 11.8 Å². The molecule has 23 heavy (non-hydrogen) atoms. The molecule has 6 heteroatoms. The van der Waals surface area contributed by atoms with Gasteiger partial charge in [0, 0.05) is 11.8 Å². The van der Waals surface area contributed by atoms with E-state index in [9.17, 15) is 9.50 Å². The number of hydrogen-bond acceptors (Lipinski definition) is 4. The number of aliphatic hydroxyl groups excluding tert-OH is 1. The van der Waals surface area contributed by atoms with Crippen molar-refractivity contribution in [3.05, 3.63) is 41.5 Å². The molecule has 0 amide bonds. The Hall–Kier alpha value is -1.40. The van der Waals surface area contributed by atoms with Gasteiger partial charge in [-0.2, -0.15) is 0 Å². The lowest BCUT2D eigenvalue weighted by Gasteiger charge is -2.25. The number of thioether (sulfide) groups is 1. The largest absolute Gasteiger partial charge is 0.388 e. The van der Waals surface area contributed by atoms with Crippen molar-refractivity contribution in [2.24, 2.45) is 0 Å². The van der Waals surface area contributed by atoms with Crippen molar-refractivity contribution >= 4 is 11.8 Å². The predicted molar refractivity (Wildman–Crippen MR) is 89.0 cm³/mol. The van der Waals surface area contributed by atoms with Crippen LogP contribution in [0.1, 0.15) is 55.6 Å². The quantitative estimate of drug-likeness (QED) is 0.837. The van der Waals surface area contributed by atoms with Crippen LogP contribution in [0.15, 0.2) is 29.4 Å². The Morgan fingerprint density at radius 3 is 2.61 bits per heavy atom. The molecule has 2 aromatic rings. The van der Waals surface area contributed by atoms with E-state index in [1.807, 2.05) is 6.92 Å². The van der Waals surface area contributed by atoms with Gasteiger partial charge in [0.1, 0.15) is 11.6 Å². The molecule has 0 bridgehead atoms. The van der Waals surface area contributed by atoms with Crippen LogP contribution in [-0.4, -0.2) is 25.6 Å². The number of hydrogen-bond donors (Lipinski definition) is 1. The minimum atomic E-state index is -0.641. The summed E-state index contributed by atoms with van der Waals surface area (Å²) in [7, 11) is 0. The van der Waals surface area contributed by atoms with Crippen LogP contribution in [0.3, 0.4) is 0 Å². The van der Waals surface area contributed by atoms with Crippen molar-refractivity contribution in [1.29, 1.82) is 0 Å². The van der Waals surface area contributed by atoms with Crippen LogP contribution in [0.25, 0.3) is 0 Å². The van der Waals surface area contributed by atoms with Gasteiger partial charge in [0.05, 0.1) is 6.10 Å². The lowest BCUT2D eigenvalue weighted by molar-refractivity contribution is 0.204. The van der Waals surface area contributed by atoms with Crippen LogP contribution in [0.5, 0.6) is 0 Å². The van der Waals surface area contributed by atoms with Gasteiger partial charge in [0.2, 0.25) is 0 Å². The monoisotopic (exact) mass is 335 g/mol. The maximum absolute atomic E-state index is 13.0. The molecule has 1 aliphatic rings. The minimum Gasteiger partial charge on any atom is -0.388 e. The fraction of sp³-hybridized carbons (Fsp3) is 0.529.